The summed E-state index contributed by atoms with van der Waals surface area (Å²) in [5.41, 5.74) is 1.32. The minimum absolute atomic E-state index is 0.249. The van der Waals surface area contributed by atoms with Crippen LogP contribution < -0.4 is 5.32 Å². The summed E-state index contributed by atoms with van der Waals surface area (Å²) in [7, 11) is 2.01. The molecule has 0 radical (unpaired) electrons. The van der Waals surface area contributed by atoms with Crippen molar-refractivity contribution in [2.45, 2.75) is 25.1 Å². The van der Waals surface area contributed by atoms with Gasteiger partial charge < -0.3 is 10.4 Å². The fourth-order valence-corrected chi connectivity index (χ4v) is 3.29. The van der Waals surface area contributed by atoms with Gasteiger partial charge >= 0.3 is 0 Å². The first-order chi connectivity index (χ1) is 8.20. The van der Waals surface area contributed by atoms with Gasteiger partial charge in [0.05, 0.1) is 6.61 Å². The zero-order chi connectivity index (χ0) is 12.7. The third-order valence-electron chi connectivity index (χ3n) is 2.86. The van der Waals surface area contributed by atoms with Gasteiger partial charge in [0.1, 0.15) is 0 Å². The monoisotopic (exact) mass is 253 g/mol. The van der Waals surface area contributed by atoms with Crippen molar-refractivity contribution < 1.29 is 5.11 Å². The molecule has 2 unspecified atom stereocenters. The van der Waals surface area contributed by atoms with Gasteiger partial charge in [-0.05, 0) is 18.5 Å². The highest BCUT2D eigenvalue weighted by Crippen LogP contribution is 2.31. The van der Waals surface area contributed by atoms with Crippen LogP contribution in [-0.4, -0.2) is 29.8 Å². The third kappa shape index (κ3) is 4.34. The minimum atomic E-state index is 0.249. The maximum atomic E-state index is 8.98. The van der Waals surface area contributed by atoms with Crippen molar-refractivity contribution in [1.82, 2.24) is 5.32 Å². The highest BCUT2D eigenvalue weighted by atomic mass is 32.2. The first-order valence-electron chi connectivity index (χ1n) is 6.15. The van der Waals surface area contributed by atoms with Gasteiger partial charge in [-0.15, -0.1) is 0 Å². The molecule has 1 rings (SSSR count). The Morgan fingerprint density at radius 3 is 2.35 bits per heavy atom. The molecule has 0 heterocycles. The SMILES string of the molecule is CNC(c1ccccc1)C(SCCO)C(C)C. The van der Waals surface area contributed by atoms with Crippen LogP contribution in [0.25, 0.3) is 0 Å². The Balaban J connectivity index is 2.81. The fourth-order valence-electron chi connectivity index (χ4n) is 2.04. The molecule has 0 aliphatic carbocycles. The zero-order valence-corrected chi connectivity index (χ0v) is 11.7. The van der Waals surface area contributed by atoms with Gasteiger partial charge in [-0.1, -0.05) is 44.2 Å². The van der Waals surface area contributed by atoms with Crippen molar-refractivity contribution >= 4 is 11.8 Å². The van der Waals surface area contributed by atoms with E-state index in [1.165, 1.54) is 5.56 Å². The standard InChI is InChI=1S/C14H23NOS/c1-11(2)14(17-10-9-16)13(15-3)12-7-5-4-6-8-12/h4-8,11,13-16H,9-10H2,1-3H3. The molecular weight excluding hydrogens is 230 g/mol. The van der Waals surface area contributed by atoms with Gasteiger partial charge in [0.25, 0.3) is 0 Å². The lowest BCUT2D eigenvalue weighted by Crippen LogP contribution is -2.31. The van der Waals surface area contributed by atoms with Crippen LogP contribution >= 0.6 is 11.8 Å². The number of hydrogen-bond acceptors (Lipinski definition) is 3. The fraction of sp³-hybridized carbons (Fsp3) is 0.571. The molecule has 2 atom stereocenters. The summed E-state index contributed by atoms with van der Waals surface area (Å²) in [6.45, 7) is 4.73. The lowest BCUT2D eigenvalue weighted by molar-refractivity contribution is 0.322. The van der Waals surface area contributed by atoms with Crippen LogP contribution in [0.15, 0.2) is 30.3 Å². The highest BCUT2D eigenvalue weighted by molar-refractivity contribution is 7.99. The minimum Gasteiger partial charge on any atom is -0.396 e. The number of thioether (sulfide) groups is 1. The number of hydrogen-bond donors (Lipinski definition) is 2. The number of aliphatic hydroxyl groups is 1. The Morgan fingerprint density at radius 1 is 1.24 bits per heavy atom. The maximum Gasteiger partial charge on any atom is 0.0521 e. The van der Waals surface area contributed by atoms with E-state index in [-0.39, 0.29) is 6.61 Å². The second-order valence-corrected chi connectivity index (χ2v) is 5.77. The van der Waals surface area contributed by atoms with E-state index in [0.29, 0.717) is 17.2 Å². The van der Waals surface area contributed by atoms with E-state index < -0.39 is 0 Å². The van der Waals surface area contributed by atoms with E-state index in [1.807, 2.05) is 24.9 Å². The van der Waals surface area contributed by atoms with Crippen molar-refractivity contribution in [2.75, 3.05) is 19.4 Å². The van der Waals surface area contributed by atoms with Gasteiger partial charge in [-0.25, -0.2) is 0 Å². The maximum absolute atomic E-state index is 8.98. The second kappa shape index (κ2) is 7.75. The topological polar surface area (TPSA) is 32.3 Å². The van der Waals surface area contributed by atoms with Gasteiger partial charge in [0, 0.05) is 17.0 Å². The predicted octanol–water partition coefficient (Wildman–Crippen LogP) is 2.70. The summed E-state index contributed by atoms with van der Waals surface area (Å²) in [5.74, 6) is 1.37. The van der Waals surface area contributed by atoms with Crippen LogP contribution in [0.2, 0.25) is 0 Å². The van der Waals surface area contributed by atoms with Crippen LogP contribution in [0.4, 0.5) is 0 Å². The Hall–Kier alpha value is -0.510. The van der Waals surface area contributed by atoms with Crippen molar-refractivity contribution in [1.29, 1.82) is 0 Å². The Labute approximate surface area is 109 Å². The molecule has 0 spiro atoms. The predicted molar refractivity (Wildman–Crippen MR) is 76.4 cm³/mol. The molecule has 96 valence electrons. The molecule has 1 aromatic rings. The van der Waals surface area contributed by atoms with Gasteiger partial charge in [0.2, 0.25) is 0 Å². The average molecular weight is 253 g/mol. The van der Waals surface area contributed by atoms with Crippen LogP contribution in [0, 0.1) is 5.92 Å². The number of nitrogens with one attached hydrogen (secondary N) is 1. The van der Waals surface area contributed by atoms with E-state index in [1.54, 1.807) is 0 Å². The molecule has 0 saturated heterocycles. The van der Waals surface area contributed by atoms with E-state index in [2.05, 4.69) is 43.4 Å². The van der Waals surface area contributed by atoms with E-state index in [0.717, 1.165) is 5.75 Å². The lowest BCUT2D eigenvalue weighted by atomic mass is 9.96. The van der Waals surface area contributed by atoms with Crippen LogP contribution in [0.5, 0.6) is 0 Å². The molecule has 0 saturated carbocycles. The molecule has 2 nitrogen and oxygen atoms in total. The van der Waals surface area contributed by atoms with Crippen LogP contribution in [0.1, 0.15) is 25.5 Å². The largest absolute Gasteiger partial charge is 0.396 e. The second-order valence-electron chi connectivity index (χ2n) is 4.48. The van der Waals surface area contributed by atoms with Crippen molar-refractivity contribution in [3.63, 3.8) is 0 Å². The van der Waals surface area contributed by atoms with Crippen molar-refractivity contribution in [2.24, 2.45) is 5.92 Å². The Morgan fingerprint density at radius 2 is 1.88 bits per heavy atom. The highest BCUT2D eigenvalue weighted by Gasteiger charge is 2.24. The summed E-state index contributed by atoms with van der Waals surface area (Å²) < 4.78 is 0. The quantitative estimate of drug-likeness (QED) is 0.783. The molecule has 0 aliphatic rings. The van der Waals surface area contributed by atoms with Crippen LogP contribution in [-0.2, 0) is 0 Å². The van der Waals surface area contributed by atoms with Gasteiger partial charge in [0.15, 0.2) is 0 Å². The molecule has 0 bridgehead atoms. The molecule has 2 N–H and O–H groups in total. The third-order valence-corrected chi connectivity index (χ3v) is 4.48. The summed E-state index contributed by atoms with van der Waals surface area (Å²) >= 11 is 1.84. The van der Waals surface area contributed by atoms with Gasteiger partial charge in [-0.2, -0.15) is 11.8 Å². The molecule has 3 heteroatoms. The zero-order valence-electron chi connectivity index (χ0n) is 10.9. The van der Waals surface area contributed by atoms with Crippen molar-refractivity contribution in [3.8, 4) is 0 Å². The summed E-state index contributed by atoms with van der Waals surface area (Å²) in [4.78, 5) is 0. The number of benzene rings is 1. The molecule has 0 fully saturated rings. The lowest BCUT2D eigenvalue weighted by Gasteiger charge is -2.30. The van der Waals surface area contributed by atoms with E-state index in [4.69, 9.17) is 5.11 Å². The van der Waals surface area contributed by atoms with Crippen molar-refractivity contribution in [3.05, 3.63) is 35.9 Å². The normalized spacial score (nSPS) is 14.9. The Bertz CT molecular complexity index is 302. The first-order valence-corrected chi connectivity index (χ1v) is 7.20. The summed E-state index contributed by atoms with van der Waals surface area (Å²) in [6, 6.07) is 10.9. The van der Waals surface area contributed by atoms with E-state index in [9.17, 15) is 0 Å². The van der Waals surface area contributed by atoms with E-state index >= 15 is 0 Å². The molecule has 0 aromatic heterocycles. The molecule has 1 aromatic carbocycles. The molecule has 17 heavy (non-hydrogen) atoms. The molecule has 0 aliphatic heterocycles. The average Bonchev–Trinajstić information content (AvgIpc) is 2.35. The number of aliphatic hydroxyl groups excluding tert-OH is 1. The van der Waals surface area contributed by atoms with Gasteiger partial charge in [-0.3, -0.25) is 0 Å². The smallest absolute Gasteiger partial charge is 0.0521 e. The van der Waals surface area contributed by atoms with Crippen LogP contribution in [0.3, 0.4) is 0 Å². The number of rotatable bonds is 7. The summed E-state index contributed by atoms with van der Waals surface area (Å²) in [6.07, 6.45) is 0. The first kappa shape index (κ1) is 14.6. The summed E-state index contributed by atoms with van der Waals surface area (Å²) in [5, 5.41) is 12.9. The molecule has 0 amide bonds. The molecular formula is C14H23NOS. The Kier molecular flexibility index (Phi) is 6.63.